The van der Waals surface area contributed by atoms with Gasteiger partial charge in [0.25, 0.3) is 0 Å². The Hall–Kier alpha value is -1.42. The number of rotatable bonds is 4. The Labute approximate surface area is 107 Å². The molecule has 0 spiro atoms. The highest BCUT2D eigenvalue weighted by molar-refractivity contribution is 5.78. The Morgan fingerprint density at radius 1 is 1.22 bits per heavy atom. The zero-order valence-electron chi connectivity index (χ0n) is 10.5. The lowest BCUT2D eigenvalue weighted by Crippen LogP contribution is -2.41. The van der Waals surface area contributed by atoms with Crippen LogP contribution in [0.25, 0.3) is 0 Å². The van der Waals surface area contributed by atoms with E-state index in [1.165, 1.54) is 12.5 Å². The molecule has 4 heteroatoms. The fourth-order valence-corrected chi connectivity index (χ4v) is 2.20. The minimum absolute atomic E-state index is 0.117. The molecular weight excluding hydrogens is 231 g/mol. The van der Waals surface area contributed by atoms with E-state index in [0.717, 1.165) is 25.9 Å². The van der Waals surface area contributed by atoms with Gasteiger partial charge in [-0.25, -0.2) is 4.39 Å². The summed E-state index contributed by atoms with van der Waals surface area (Å²) < 4.78 is 13.3. The standard InChI is InChI=1S/C14H19FN2O/c15-13-7-3-2-6-12(13)10-16-11-14(18)17-8-4-1-5-9-17/h2-3,6-7,16H,1,4-5,8-11H2. The maximum Gasteiger partial charge on any atom is 0.236 e. The molecule has 98 valence electrons. The molecule has 1 amide bonds. The van der Waals surface area contributed by atoms with Crippen LogP contribution in [0.1, 0.15) is 24.8 Å². The van der Waals surface area contributed by atoms with E-state index < -0.39 is 0 Å². The van der Waals surface area contributed by atoms with E-state index in [0.29, 0.717) is 12.1 Å². The van der Waals surface area contributed by atoms with Crippen LogP contribution in [-0.4, -0.2) is 30.4 Å². The van der Waals surface area contributed by atoms with Crippen LogP contribution in [-0.2, 0) is 11.3 Å². The molecule has 1 aromatic carbocycles. The average molecular weight is 250 g/mol. The number of piperidine rings is 1. The van der Waals surface area contributed by atoms with Crippen LogP contribution in [0.5, 0.6) is 0 Å². The molecule has 0 bridgehead atoms. The Bertz CT molecular complexity index is 403. The lowest BCUT2D eigenvalue weighted by atomic mass is 10.1. The van der Waals surface area contributed by atoms with Crippen LogP contribution >= 0.6 is 0 Å². The van der Waals surface area contributed by atoms with Crippen LogP contribution in [0.3, 0.4) is 0 Å². The highest BCUT2D eigenvalue weighted by Gasteiger charge is 2.15. The predicted octanol–water partition coefficient (Wildman–Crippen LogP) is 1.93. The zero-order chi connectivity index (χ0) is 12.8. The quantitative estimate of drug-likeness (QED) is 0.885. The smallest absolute Gasteiger partial charge is 0.236 e. The summed E-state index contributed by atoms with van der Waals surface area (Å²) >= 11 is 0. The summed E-state index contributed by atoms with van der Waals surface area (Å²) in [7, 11) is 0. The summed E-state index contributed by atoms with van der Waals surface area (Å²) in [6, 6.07) is 6.63. The van der Waals surface area contributed by atoms with Crippen molar-refractivity contribution < 1.29 is 9.18 Å². The molecule has 0 aliphatic carbocycles. The number of nitrogens with one attached hydrogen (secondary N) is 1. The summed E-state index contributed by atoms with van der Waals surface area (Å²) in [6.45, 7) is 2.40. The lowest BCUT2D eigenvalue weighted by Gasteiger charge is -2.26. The molecule has 0 atom stereocenters. The minimum Gasteiger partial charge on any atom is -0.342 e. The fraction of sp³-hybridized carbons (Fsp3) is 0.500. The van der Waals surface area contributed by atoms with E-state index in [4.69, 9.17) is 0 Å². The number of benzene rings is 1. The van der Waals surface area contributed by atoms with Gasteiger partial charge in [0.05, 0.1) is 6.54 Å². The second-order valence-electron chi connectivity index (χ2n) is 4.64. The Morgan fingerprint density at radius 2 is 1.94 bits per heavy atom. The first-order chi connectivity index (χ1) is 8.77. The molecule has 2 rings (SSSR count). The molecule has 1 fully saturated rings. The second-order valence-corrected chi connectivity index (χ2v) is 4.64. The van der Waals surface area contributed by atoms with Gasteiger partial charge in [0.1, 0.15) is 5.82 Å². The van der Waals surface area contributed by atoms with Gasteiger partial charge in [0.2, 0.25) is 5.91 Å². The summed E-state index contributed by atoms with van der Waals surface area (Å²) in [5, 5.41) is 3.01. The van der Waals surface area contributed by atoms with Gasteiger partial charge >= 0.3 is 0 Å². The third-order valence-corrected chi connectivity index (χ3v) is 3.26. The van der Waals surface area contributed by atoms with E-state index >= 15 is 0 Å². The fourth-order valence-electron chi connectivity index (χ4n) is 2.20. The molecule has 0 saturated carbocycles. The molecule has 1 heterocycles. The topological polar surface area (TPSA) is 32.3 Å². The van der Waals surface area contributed by atoms with Gasteiger partial charge in [0.15, 0.2) is 0 Å². The Kier molecular flexibility index (Phi) is 4.70. The Morgan fingerprint density at radius 3 is 2.67 bits per heavy atom. The molecule has 3 nitrogen and oxygen atoms in total. The van der Waals surface area contributed by atoms with E-state index in [9.17, 15) is 9.18 Å². The normalized spacial score (nSPS) is 15.7. The van der Waals surface area contributed by atoms with Crippen LogP contribution < -0.4 is 5.32 Å². The van der Waals surface area contributed by atoms with E-state index in [-0.39, 0.29) is 18.3 Å². The molecule has 0 unspecified atom stereocenters. The van der Waals surface area contributed by atoms with Gasteiger partial charge in [-0.1, -0.05) is 18.2 Å². The predicted molar refractivity (Wildman–Crippen MR) is 68.5 cm³/mol. The van der Waals surface area contributed by atoms with Crippen LogP contribution in [0.4, 0.5) is 4.39 Å². The van der Waals surface area contributed by atoms with Gasteiger partial charge in [-0.05, 0) is 25.3 Å². The van der Waals surface area contributed by atoms with Crippen molar-refractivity contribution in [1.82, 2.24) is 10.2 Å². The second kappa shape index (κ2) is 6.50. The van der Waals surface area contributed by atoms with Crippen molar-refractivity contribution in [3.05, 3.63) is 35.6 Å². The number of hydrogen-bond acceptors (Lipinski definition) is 2. The summed E-state index contributed by atoms with van der Waals surface area (Å²) in [5.74, 6) is -0.110. The van der Waals surface area contributed by atoms with Crippen molar-refractivity contribution in [1.29, 1.82) is 0 Å². The van der Waals surface area contributed by atoms with Crippen LogP contribution in [0.15, 0.2) is 24.3 Å². The van der Waals surface area contributed by atoms with E-state index in [2.05, 4.69) is 5.32 Å². The van der Waals surface area contributed by atoms with Crippen LogP contribution in [0, 0.1) is 5.82 Å². The first kappa shape index (κ1) is 13.0. The average Bonchev–Trinajstić information content (AvgIpc) is 2.42. The number of carbonyl (C=O) groups is 1. The summed E-state index contributed by atoms with van der Waals surface area (Å²) in [6.07, 6.45) is 3.41. The number of hydrogen-bond donors (Lipinski definition) is 1. The SMILES string of the molecule is O=C(CNCc1ccccc1F)N1CCCCC1. The van der Waals surface area contributed by atoms with Gasteiger partial charge in [-0.15, -0.1) is 0 Å². The van der Waals surface area contributed by atoms with E-state index in [1.807, 2.05) is 4.90 Å². The van der Waals surface area contributed by atoms with Crippen molar-refractivity contribution in [3.63, 3.8) is 0 Å². The highest BCUT2D eigenvalue weighted by atomic mass is 19.1. The van der Waals surface area contributed by atoms with Gasteiger partial charge in [0, 0.05) is 25.2 Å². The highest BCUT2D eigenvalue weighted by Crippen LogP contribution is 2.09. The van der Waals surface area contributed by atoms with Gasteiger partial charge < -0.3 is 10.2 Å². The lowest BCUT2D eigenvalue weighted by molar-refractivity contribution is -0.131. The molecular formula is C14H19FN2O. The molecule has 0 aromatic heterocycles. The number of amides is 1. The molecule has 1 N–H and O–H groups in total. The first-order valence-electron chi connectivity index (χ1n) is 6.49. The third kappa shape index (κ3) is 3.53. The largest absolute Gasteiger partial charge is 0.342 e. The van der Waals surface area contributed by atoms with Crippen LogP contribution in [0.2, 0.25) is 0 Å². The maximum atomic E-state index is 13.3. The molecule has 0 radical (unpaired) electrons. The number of nitrogens with zero attached hydrogens (tertiary/aromatic N) is 1. The number of likely N-dealkylation sites (tertiary alicyclic amines) is 1. The van der Waals surface area contributed by atoms with Crippen molar-refractivity contribution in [2.45, 2.75) is 25.8 Å². The Balaban J connectivity index is 1.75. The first-order valence-corrected chi connectivity index (χ1v) is 6.49. The van der Waals surface area contributed by atoms with Gasteiger partial charge in [-0.3, -0.25) is 4.79 Å². The number of halogens is 1. The summed E-state index contributed by atoms with van der Waals surface area (Å²) in [5.41, 5.74) is 0.601. The molecule has 1 aliphatic rings. The minimum atomic E-state index is -0.226. The van der Waals surface area contributed by atoms with Crippen molar-refractivity contribution >= 4 is 5.91 Å². The molecule has 1 aliphatic heterocycles. The zero-order valence-corrected chi connectivity index (χ0v) is 10.5. The van der Waals surface area contributed by atoms with E-state index in [1.54, 1.807) is 18.2 Å². The summed E-state index contributed by atoms with van der Waals surface area (Å²) in [4.78, 5) is 13.7. The van der Waals surface area contributed by atoms with Gasteiger partial charge in [-0.2, -0.15) is 0 Å². The maximum absolute atomic E-state index is 13.3. The monoisotopic (exact) mass is 250 g/mol. The molecule has 18 heavy (non-hydrogen) atoms. The third-order valence-electron chi connectivity index (χ3n) is 3.26. The van der Waals surface area contributed by atoms with Crippen molar-refractivity contribution in [3.8, 4) is 0 Å². The van der Waals surface area contributed by atoms with Crippen molar-refractivity contribution in [2.24, 2.45) is 0 Å². The molecule has 1 saturated heterocycles. The number of carbonyl (C=O) groups excluding carboxylic acids is 1. The molecule has 1 aromatic rings. The van der Waals surface area contributed by atoms with Crippen molar-refractivity contribution in [2.75, 3.05) is 19.6 Å².